The van der Waals surface area contributed by atoms with Crippen molar-refractivity contribution in [2.75, 3.05) is 13.1 Å². The summed E-state index contributed by atoms with van der Waals surface area (Å²) in [6.07, 6.45) is -1.59. The SMILES string of the molecule is CC(C)C(NC(=O)c1ccco1)C(=O)NC1CCN(Cc2cccc(C(F)(F)F)c2)CC1. The van der Waals surface area contributed by atoms with Crippen LogP contribution in [0.4, 0.5) is 13.2 Å². The second kappa shape index (κ2) is 10.2. The summed E-state index contributed by atoms with van der Waals surface area (Å²) in [6.45, 7) is 5.45. The van der Waals surface area contributed by atoms with E-state index in [0.29, 0.717) is 38.0 Å². The van der Waals surface area contributed by atoms with Crippen LogP contribution in [0, 0.1) is 5.92 Å². The van der Waals surface area contributed by atoms with Crippen LogP contribution < -0.4 is 10.6 Å². The maximum atomic E-state index is 12.9. The van der Waals surface area contributed by atoms with Gasteiger partial charge >= 0.3 is 6.18 Å². The van der Waals surface area contributed by atoms with Crippen molar-refractivity contribution in [1.29, 1.82) is 0 Å². The van der Waals surface area contributed by atoms with E-state index in [4.69, 9.17) is 4.42 Å². The van der Waals surface area contributed by atoms with Crippen molar-refractivity contribution in [3.8, 4) is 0 Å². The smallest absolute Gasteiger partial charge is 0.416 e. The predicted octanol–water partition coefficient (Wildman–Crippen LogP) is 3.83. The Morgan fingerprint density at radius 2 is 1.88 bits per heavy atom. The molecule has 1 fully saturated rings. The quantitative estimate of drug-likeness (QED) is 0.671. The van der Waals surface area contributed by atoms with Gasteiger partial charge in [-0.2, -0.15) is 13.2 Å². The second-order valence-electron chi connectivity index (χ2n) is 8.43. The van der Waals surface area contributed by atoms with Gasteiger partial charge in [-0.3, -0.25) is 14.5 Å². The van der Waals surface area contributed by atoms with E-state index in [1.807, 2.05) is 13.8 Å². The highest BCUT2D eigenvalue weighted by atomic mass is 19.4. The molecule has 1 aliphatic heterocycles. The van der Waals surface area contributed by atoms with Crippen LogP contribution in [0.3, 0.4) is 0 Å². The Balaban J connectivity index is 1.50. The first-order chi connectivity index (χ1) is 15.1. The molecule has 2 heterocycles. The van der Waals surface area contributed by atoms with Crippen molar-refractivity contribution >= 4 is 11.8 Å². The minimum Gasteiger partial charge on any atom is -0.459 e. The first-order valence-electron chi connectivity index (χ1n) is 10.7. The zero-order valence-electron chi connectivity index (χ0n) is 18.1. The van der Waals surface area contributed by atoms with Crippen molar-refractivity contribution in [3.05, 3.63) is 59.5 Å². The van der Waals surface area contributed by atoms with E-state index in [9.17, 15) is 22.8 Å². The first kappa shape index (κ1) is 23.8. The topological polar surface area (TPSA) is 74.6 Å². The van der Waals surface area contributed by atoms with Gasteiger partial charge in [0.15, 0.2) is 5.76 Å². The number of nitrogens with zero attached hydrogens (tertiary/aromatic N) is 1. The molecule has 0 radical (unpaired) electrons. The molecule has 32 heavy (non-hydrogen) atoms. The molecule has 2 N–H and O–H groups in total. The Labute approximate surface area is 185 Å². The van der Waals surface area contributed by atoms with Gasteiger partial charge in [-0.15, -0.1) is 0 Å². The minimum atomic E-state index is -4.35. The molecule has 1 aromatic carbocycles. The first-order valence-corrected chi connectivity index (χ1v) is 10.7. The summed E-state index contributed by atoms with van der Waals surface area (Å²) in [4.78, 5) is 27.1. The molecule has 0 bridgehead atoms. The third kappa shape index (κ3) is 6.35. The lowest BCUT2D eigenvalue weighted by Crippen LogP contribution is -2.53. The Kier molecular flexibility index (Phi) is 7.60. The monoisotopic (exact) mass is 451 g/mol. The number of furan rings is 1. The lowest BCUT2D eigenvalue weighted by Gasteiger charge is -2.33. The molecule has 2 amide bonds. The van der Waals surface area contributed by atoms with Crippen LogP contribution in [0.5, 0.6) is 0 Å². The van der Waals surface area contributed by atoms with Gasteiger partial charge in [0.2, 0.25) is 5.91 Å². The molecular weight excluding hydrogens is 423 g/mol. The molecule has 1 atom stereocenters. The van der Waals surface area contributed by atoms with Gasteiger partial charge in [0.25, 0.3) is 5.91 Å². The molecule has 2 aromatic rings. The predicted molar refractivity (Wildman–Crippen MR) is 113 cm³/mol. The van der Waals surface area contributed by atoms with Crippen molar-refractivity contribution < 1.29 is 27.2 Å². The van der Waals surface area contributed by atoms with Gasteiger partial charge in [0, 0.05) is 25.7 Å². The highest BCUT2D eigenvalue weighted by Gasteiger charge is 2.31. The lowest BCUT2D eigenvalue weighted by molar-refractivity contribution is -0.137. The number of benzene rings is 1. The number of alkyl halides is 3. The van der Waals surface area contributed by atoms with E-state index < -0.39 is 23.7 Å². The number of halogens is 3. The number of rotatable bonds is 7. The molecule has 3 rings (SSSR count). The van der Waals surface area contributed by atoms with Crippen LogP contribution in [0.1, 0.15) is 48.4 Å². The Morgan fingerprint density at radius 3 is 2.47 bits per heavy atom. The lowest BCUT2D eigenvalue weighted by atomic mass is 10.00. The highest BCUT2D eigenvalue weighted by molar-refractivity contribution is 5.95. The number of piperidine rings is 1. The van der Waals surface area contributed by atoms with Crippen molar-refractivity contribution in [2.45, 2.75) is 51.5 Å². The number of hydrogen-bond acceptors (Lipinski definition) is 4. The second-order valence-corrected chi connectivity index (χ2v) is 8.43. The maximum Gasteiger partial charge on any atom is 0.416 e. The molecule has 0 saturated carbocycles. The van der Waals surface area contributed by atoms with E-state index in [-0.39, 0.29) is 23.6 Å². The Bertz CT molecular complexity index is 905. The molecule has 9 heteroatoms. The molecular formula is C23H28F3N3O3. The summed E-state index contributed by atoms with van der Waals surface area (Å²) in [5.74, 6) is -0.669. The fraction of sp³-hybridized carbons (Fsp3) is 0.478. The van der Waals surface area contributed by atoms with E-state index in [2.05, 4.69) is 15.5 Å². The summed E-state index contributed by atoms with van der Waals surface area (Å²) in [7, 11) is 0. The van der Waals surface area contributed by atoms with Crippen molar-refractivity contribution in [1.82, 2.24) is 15.5 Å². The molecule has 1 unspecified atom stereocenters. The number of carbonyl (C=O) groups excluding carboxylic acids is 2. The van der Waals surface area contributed by atoms with Gasteiger partial charge in [-0.1, -0.05) is 32.0 Å². The largest absolute Gasteiger partial charge is 0.459 e. The molecule has 1 saturated heterocycles. The average Bonchev–Trinajstić information content (AvgIpc) is 3.27. The average molecular weight is 451 g/mol. The standard InChI is InChI=1S/C23H28F3N3O3/c1-15(2)20(28-21(30)19-7-4-12-32-19)22(31)27-18-8-10-29(11-9-18)14-16-5-3-6-17(13-16)23(24,25)26/h3-7,12-13,15,18,20H,8-11,14H2,1-2H3,(H,27,31)(H,28,30). The van der Waals surface area contributed by atoms with Crippen LogP contribution >= 0.6 is 0 Å². The number of likely N-dealkylation sites (tertiary alicyclic amines) is 1. The number of amides is 2. The van der Waals surface area contributed by atoms with Crippen LogP contribution in [-0.2, 0) is 17.5 Å². The van der Waals surface area contributed by atoms with Gasteiger partial charge in [0.1, 0.15) is 6.04 Å². The van der Waals surface area contributed by atoms with Gasteiger partial charge in [0.05, 0.1) is 11.8 Å². The Hall–Kier alpha value is -2.81. The number of hydrogen-bond donors (Lipinski definition) is 2. The summed E-state index contributed by atoms with van der Waals surface area (Å²) in [5.41, 5.74) is -0.0312. The summed E-state index contributed by atoms with van der Waals surface area (Å²) in [6, 6.07) is 7.76. The van der Waals surface area contributed by atoms with Crippen LogP contribution in [0.15, 0.2) is 47.1 Å². The summed E-state index contributed by atoms with van der Waals surface area (Å²) in [5, 5.41) is 5.72. The fourth-order valence-electron chi connectivity index (χ4n) is 3.79. The van der Waals surface area contributed by atoms with E-state index in [1.165, 1.54) is 24.5 Å². The third-order valence-corrected chi connectivity index (χ3v) is 5.58. The highest BCUT2D eigenvalue weighted by Crippen LogP contribution is 2.30. The minimum absolute atomic E-state index is 0.0537. The molecule has 0 aliphatic carbocycles. The zero-order valence-corrected chi connectivity index (χ0v) is 18.1. The van der Waals surface area contributed by atoms with Crippen LogP contribution in [0.2, 0.25) is 0 Å². The Morgan fingerprint density at radius 1 is 1.16 bits per heavy atom. The molecule has 1 aliphatic rings. The van der Waals surface area contributed by atoms with E-state index in [1.54, 1.807) is 12.1 Å². The number of carbonyl (C=O) groups is 2. The fourth-order valence-corrected chi connectivity index (χ4v) is 3.79. The van der Waals surface area contributed by atoms with Gasteiger partial charge in [-0.25, -0.2) is 0 Å². The molecule has 6 nitrogen and oxygen atoms in total. The van der Waals surface area contributed by atoms with E-state index in [0.717, 1.165) is 6.07 Å². The van der Waals surface area contributed by atoms with Crippen LogP contribution in [-0.4, -0.2) is 41.9 Å². The third-order valence-electron chi connectivity index (χ3n) is 5.58. The molecule has 174 valence electrons. The maximum absolute atomic E-state index is 12.9. The van der Waals surface area contributed by atoms with Crippen molar-refractivity contribution in [2.24, 2.45) is 5.92 Å². The van der Waals surface area contributed by atoms with E-state index >= 15 is 0 Å². The van der Waals surface area contributed by atoms with Crippen LogP contribution in [0.25, 0.3) is 0 Å². The normalized spacial score (nSPS) is 16.7. The zero-order chi connectivity index (χ0) is 23.3. The van der Waals surface area contributed by atoms with Crippen molar-refractivity contribution in [3.63, 3.8) is 0 Å². The molecule has 1 aromatic heterocycles. The summed E-state index contributed by atoms with van der Waals surface area (Å²) < 4.78 is 43.8. The van der Waals surface area contributed by atoms with Gasteiger partial charge in [-0.05, 0) is 42.5 Å². The molecule has 0 spiro atoms. The van der Waals surface area contributed by atoms with Gasteiger partial charge < -0.3 is 15.1 Å². The number of nitrogens with one attached hydrogen (secondary N) is 2. The summed E-state index contributed by atoms with van der Waals surface area (Å²) >= 11 is 0.